The Morgan fingerprint density at radius 3 is 2.65 bits per heavy atom. The zero-order chi connectivity index (χ0) is 21.6. The van der Waals surface area contributed by atoms with Crippen molar-refractivity contribution < 1.29 is 9.13 Å². The van der Waals surface area contributed by atoms with Gasteiger partial charge in [0.05, 0.1) is 12.8 Å². The number of methoxy groups -OCH3 is 1. The summed E-state index contributed by atoms with van der Waals surface area (Å²) >= 11 is 1.58. The van der Waals surface area contributed by atoms with Gasteiger partial charge in [-0.25, -0.2) is 13.8 Å². The van der Waals surface area contributed by atoms with Crippen LogP contribution >= 0.6 is 11.8 Å². The topological polar surface area (TPSA) is 82.7 Å². The van der Waals surface area contributed by atoms with Crippen molar-refractivity contribution in [3.05, 3.63) is 66.1 Å². The van der Waals surface area contributed by atoms with Crippen molar-refractivity contribution >= 4 is 11.8 Å². The minimum atomic E-state index is -0.320. The highest BCUT2D eigenvalue weighted by atomic mass is 32.2. The monoisotopic (exact) mass is 439 g/mol. The number of thioether (sulfide) groups is 1. The quantitative estimate of drug-likeness (QED) is 0.317. The molecule has 0 aliphatic carbocycles. The molecule has 0 radical (unpaired) electrons. The minimum absolute atomic E-state index is 0.320. The lowest BCUT2D eigenvalue weighted by Crippen LogP contribution is -2.17. The van der Waals surface area contributed by atoms with Gasteiger partial charge in [-0.15, -0.1) is 5.10 Å². The van der Waals surface area contributed by atoms with E-state index in [1.165, 1.54) is 6.07 Å². The van der Waals surface area contributed by atoms with E-state index >= 15 is 0 Å². The van der Waals surface area contributed by atoms with Crippen LogP contribution in [0.2, 0.25) is 0 Å². The van der Waals surface area contributed by atoms with Crippen molar-refractivity contribution in [1.29, 1.82) is 0 Å². The molecule has 4 aromatic rings. The summed E-state index contributed by atoms with van der Waals surface area (Å²) in [6.07, 6.45) is 1.87. The second-order valence-corrected chi connectivity index (χ2v) is 7.80. The molecule has 2 heterocycles. The maximum atomic E-state index is 14.3. The molecule has 0 aliphatic rings. The van der Waals surface area contributed by atoms with E-state index in [4.69, 9.17) is 4.74 Å². The Kier molecular flexibility index (Phi) is 6.58. The van der Waals surface area contributed by atoms with Gasteiger partial charge in [0.25, 0.3) is 0 Å². The molecule has 0 saturated carbocycles. The van der Waals surface area contributed by atoms with Crippen LogP contribution in [0.15, 0.2) is 59.9 Å². The third-order valence-electron chi connectivity index (χ3n) is 4.66. The van der Waals surface area contributed by atoms with Crippen LogP contribution < -0.4 is 10.1 Å². The number of hydrogen-bond donors (Lipinski definition) is 1. The third-order valence-corrected chi connectivity index (χ3v) is 5.67. The Balaban J connectivity index is 1.51. The summed E-state index contributed by atoms with van der Waals surface area (Å²) in [5, 5.41) is 20.3. The fourth-order valence-corrected chi connectivity index (χ4v) is 3.82. The second kappa shape index (κ2) is 9.71. The third kappa shape index (κ3) is 4.92. The molecule has 31 heavy (non-hydrogen) atoms. The van der Waals surface area contributed by atoms with E-state index in [1.54, 1.807) is 46.4 Å². The van der Waals surface area contributed by atoms with Crippen LogP contribution in [-0.4, -0.2) is 49.4 Å². The Bertz CT molecular complexity index is 1140. The molecule has 1 N–H and O–H groups in total. The number of para-hydroxylation sites is 1. The van der Waals surface area contributed by atoms with E-state index in [1.807, 2.05) is 37.5 Å². The van der Waals surface area contributed by atoms with Crippen LogP contribution in [-0.2, 0) is 13.6 Å². The molecule has 0 atom stereocenters. The van der Waals surface area contributed by atoms with Gasteiger partial charge in [0, 0.05) is 43.2 Å². The molecule has 0 saturated heterocycles. The van der Waals surface area contributed by atoms with Gasteiger partial charge in [0.1, 0.15) is 17.3 Å². The molecule has 10 heteroatoms. The first kappa shape index (κ1) is 21.0. The van der Waals surface area contributed by atoms with Crippen molar-refractivity contribution in [2.75, 3.05) is 19.4 Å². The number of nitrogens with zero attached hydrogens (tertiary/aromatic N) is 6. The number of halogens is 1. The van der Waals surface area contributed by atoms with Crippen LogP contribution in [0.25, 0.3) is 16.9 Å². The summed E-state index contributed by atoms with van der Waals surface area (Å²) < 4.78 is 22.8. The maximum absolute atomic E-state index is 14.3. The smallest absolute Gasteiger partial charge is 0.209 e. The number of tetrazole rings is 1. The van der Waals surface area contributed by atoms with Crippen LogP contribution in [0.4, 0.5) is 4.39 Å². The van der Waals surface area contributed by atoms with Crippen molar-refractivity contribution in [2.45, 2.75) is 11.7 Å². The molecule has 0 amide bonds. The van der Waals surface area contributed by atoms with Gasteiger partial charge in [0.15, 0.2) is 0 Å². The number of nitrogens with one attached hydrogen (secondary N) is 1. The van der Waals surface area contributed by atoms with E-state index < -0.39 is 0 Å². The average molecular weight is 440 g/mol. The van der Waals surface area contributed by atoms with Crippen molar-refractivity contribution in [3.8, 4) is 22.7 Å². The fourth-order valence-electron chi connectivity index (χ4n) is 3.07. The molecule has 160 valence electrons. The van der Waals surface area contributed by atoms with Gasteiger partial charge in [0.2, 0.25) is 5.16 Å². The van der Waals surface area contributed by atoms with Crippen molar-refractivity contribution in [2.24, 2.45) is 7.05 Å². The van der Waals surface area contributed by atoms with Crippen molar-refractivity contribution in [1.82, 2.24) is 35.3 Å². The standard InChI is InChI=1S/C21H22FN7OS/c1-28-21(24-26-27-28)31-12-11-23-13-16-14-29(19-6-4-3-5-18(19)22)25-20(16)15-7-9-17(30-2)10-8-15/h3-10,14,23H,11-13H2,1-2H3. The number of ether oxygens (including phenoxy) is 1. The number of hydrogen-bond acceptors (Lipinski definition) is 7. The largest absolute Gasteiger partial charge is 0.497 e. The lowest BCUT2D eigenvalue weighted by atomic mass is 10.1. The van der Waals surface area contributed by atoms with E-state index in [9.17, 15) is 4.39 Å². The number of aromatic nitrogens is 6. The molecule has 0 aliphatic heterocycles. The normalized spacial score (nSPS) is 11.1. The summed E-state index contributed by atoms with van der Waals surface area (Å²) in [5.41, 5.74) is 3.11. The lowest BCUT2D eigenvalue weighted by molar-refractivity contribution is 0.415. The van der Waals surface area contributed by atoms with Gasteiger partial charge in [-0.1, -0.05) is 23.9 Å². The van der Waals surface area contributed by atoms with Crippen LogP contribution in [0.5, 0.6) is 5.75 Å². The Morgan fingerprint density at radius 2 is 1.94 bits per heavy atom. The van der Waals surface area contributed by atoms with Gasteiger partial charge < -0.3 is 10.1 Å². The first-order valence-electron chi connectivity index (χ1n) is 9.69. The first-order valence-corrected chi connectivity index (χ1v) is 10.7. The number of aryl methyl sites for hydroxylation is 1. The Labute approximate surface area is 183 Å². The second-order valence-electron chi connectivity index (χ2n) is 6.74. The highest BCUT2D eigenvalue weighted by molar-refractivity contribution is 7.99. The predicted octanol–water partition coefficient (Wildman–Crippen LogP) is 3.09. The summed E-state index contributed by atoms with van der Waals surface area (Å²) in [5.74, 6) is 1.26. The Hall–Kier alpha value is -3.24. The summed E-state index contributed by atoms with van der Waals surface area (Å²) in [7, 11) is 3.44. The average Bonchev–Trinajstić information content (AvgIpc) is 3.40. The number of benzene rings is 2. The van der Waals surface area contributed by atoms with Gasteiger partial charge in [-0.2, -0.15) is 5.10 Å². The predicted molar refractivity (Wildman–Crippen MR) is 117 cm³/mol. The molecule has 2 aromatic carbocycles. The van der Waals surface area contributed by atoms with E-state index in [-0.39, 0.29) is 5.82 Å². The maximum Gasteiger partial charge on any atom is 0.209 e. The highest BCUT2D eigenvalue weighted by Gasteiger charge is 2.14. The van der Waals surface area contributed by atoms with Gasteiger partial charge >= 0.3 is 0 Å². The van der Waals surface area contributed by atoms with Crippen LogP contribution in [0, 0.1) is 5.82 Å². The zero-order valence-corrected chi connectivity index (χ0v) is 18.0. The molecular formula is C21H22FN7OS. The molecule has 0 spiro atoms. The van der Waals surface area contributed by atoms with Crippen LogP contribution in [0.1, 0.15) is 5.56 Å². The Morgan fingerprint density at radius 1 is 1.13 bits per heavy atom. The molecule has 0 fully saturated rings. The lowest BCUT2D eigenvalue weighted by Gasteiger charge is -2.06. The van der Waals surface area contributed by atoms with E-state index in [0.29, 0.717) is 12.2 Å². The molecule has 0 bridgehead atoms. The first-order chi connectivity index (χ1) is 15.2. The molecule has 4 rings (SSSR count). The molecule has 8 nitrogen and oxygen atoms in total. The summed E-state index contributed by atoms with van der Waals surface area (Å²) in [6.45, 7) is 1.35. The minimum Gasteiger partial charge on any atom is -0.497 e. The molecule has 2 aromatic heterocycles. The van der Waals surface area contributed by atoms with Crippen LogP contribution in [0.3, 0.4) is 0 Å². The summed E-state index contributed by atoms with van der Waals surface area (Å²) in [4.78, 5) is 0. The zero-order valence-electron chi connectivity index (χ0n) is 17.2. The summed E-state index contributed by atoms with van der Waals surface area (Å²) in [6, 6.07) is 14.3. The van der Waals surface area contributed by atoms with E-state index in [2.05, 4.69) is 25.9 Å². The highest BCUT2D eigenvalue weighted by Crippen LogP contribution is 2.26. The molecular weight excluding hydrogens is 417 g/mol. The van der Waals surface area contributed by atoms with Gasteiger partial charge in [-0.3, -0.25) is 0 Å². The SMILES string of the molecule is COc1ccc(-c2nn(-c3ccccc3F)cc2CNCCSc2nnnn2C)cc1. The van der Waals surface area contributed by atoms with Crippen molar-refractivity contribution in [3.63, 3.8) is 0 Å². The molecule has 0 unspecified atom stereocenters. The van der Waals surface area contributed by atoms with Gasteiger partial charge in [-0.05, 0) is 46.8 Å². The fraction of sp³-hybridized carbons (Fsp3) is 0.238. The van der Waals surface area contributed by atoms with E-state index in [0.717, 1.165) is 40.0 Å². The number of rotatable bonds is 9.